The molecule has 0 saturated carbocycles. The highest BCUT2D eigenvalue weighted by atomic mass is 32.1. The Labute approximate surface area is 82.2 Å². The fraction of sp³-hybridized carbons (Fsp3) is 0.500. The minimum Gasteiger partial charge on any atom is -0.481 e. The fourth-order valence-corrected chi connectivity index (χ4v) is 2.04. The molecule has 0 spiro atoms. The second-order valence-corrected chi connectivity index (χ2v) is 3.94. The molecule has 0 amide bonds. The average molecular weight is 198 g/mol. The first-order valence-corrected chi connectivity index (χ1v) is 5.42. The van der Waals surface area contributed by atoms with Gasteiger partial charge in [0.1, 0.15) is 0 Å². The van der Waals surface area contributed by atoms with Gasteiger partial charge in [0.2, 0.25) is 0 Å². The Hall–Kier alpha value is -0.830. The van der Waals surface area contributed by atoms with Gasteiger partial charge in [-0.05, 0) is 35.2 Å². The Kier molecular flexibility index (Phi) is 3.96. The molecule has 3 heteroatoms. The van der Waals surface area contributed by atoms with Crippen LogP contribution in [0.1, 0.15) is 25.3 Å². The van der Waals surface area contributed by atoms with Gasteiger partial charge in [0, 0.05) is 0 Å². The van der Waals surface area contributed by atoms with Crippen LogP contribution in [-0.4, -0.2) is 11.1 Å². The molecule has 0 fully saturated rings. The molecule has 1 aromatic rings. The first-order valence-electron chi connectivity index (χ1n) is 4.48. The molecule has 1 heterocycles. The monoisotopic (exact) mass is 198 g/mol. The normalized spacial score (nSPS) is 12.7. The summed E-state index contributed by atoms with van der Waals surface area (Å²) in [6.45, 7) is 2.02. The maximum absolute atomic E-state index is 10.8. The maximum atomic E-state index is 10.8. The highest BCUT2D eigenvalue weighted by Crippen LogP contribution is 2.16. The van der Waals surface area contributed by atoms with E-state index in [1.54, 1.807) is 11.3 Å². The van der Waals surface area contributed by atoms with E-state index >= 15 is 0 Å². The van der Waals surface area contributed by atoms with Gasteiger partial charge < -0.3 is 5.11 Å². The van der Waals surface area contributed by atoms with Crippen molar-refractivity contribution in [3.05, 3.63) is 22.4 Å². The smallest absolute Gasteiger partial charge is 0.306 e. The van der Waals surface area contributed by atoms with Gasteiger partial charge in [-0.1, -0.05) is 13.3 Å². The van der Waals surface area contributed by atoms with Crippen molar-refractivity contribution in [2.24, 2.45) is 5.92 Å². The van der Waals surface area contributed by atoms with Gasteiger partial charge in [0.15, 0.2) is 0 Å². The van der Waals surface area contributed by atoms with Gasteiger partial charge in [0.05, 0.1) is 5.92 Å². The molecule has 0 aromatic carbocycles. The van der Waals surface area contributed by atoms with Crippen LogP contribution in [0.15, 0.2) is 16.8 Å². The topological polar surface area (TPSA) is 37.3 Å². The molecule has 1 rings (SSSR count). The lowest BCUT2D eigenvalue weighted by atomic mass is 9.97. The Morgan fingerprint density at radius 2 is 2.46 bits per heavy atom. The van der Waals surface area contributed by atoms with Gasteiger partial charge in [-0.2, -0.15) is 11.3 Å². The number of carboxylic acids is 1. The molecule has 72 valence electrons. The zero-order chi connectivity index (χ0) is 9.68. The summed E-state index contributed by atoms with van der Waals surface area (Å²) in [6.07, 6.45) is 2.37. The van der Waals surface area contributed by atoms with Crippen molar-refractivity contribution in [1.29, 1.82) is 0 Å². The highest BCUT2D eigenvalue weighted by molar-refractivity contribution is 7.07. The van der Waals surface area contributed by atoms with Crippen LogP contribution < -0.4 is 0 Å². The van der Waals surface area contributed by atoms with E-state index in [0.29, 0.717) is 6.42 Å². The van der Waals surface area contributed by atoms with Crippen LogP contribution >= 0.6 is 11.3 Å². The van der Waals surface area contributed by atoms with Gasteiger partial charge >= 0.3 is 5.97 Å². The molecule has 0 aliphatic rings. The van der Waals surface area contributed by atoms with Gasteiger partial charge in [0.25, 0.3) is 0 Å². The van der Waals surface area contributed by atoms with Crippen LogP contribution in [0.5, 0.6) is 0 Å². The summed E-state index contributed by atoms with van der Waals surface area (Å²) in [5.41, 5.74) is 1.14. The van der Waals surface area contributed by atoms with Gasteiger partial charge in [-0.25, -0.2) is 0 Å². The van der Waals surface area contributed by atoms with Gasteiger partial charge in [-0.3, -0.25) is 4.79 Å². The largest absolute Gasteiger partial charge is 0.481 e. The number of carboxylic acid groups (broad SMARTS) is 1. The first-order chi connectivity index (χ1) is 6.24. The number of thiophene rings is 1. The van der Waals surface area contributed by atoms with Crippen molar-refractivity contribution in [1.82, 2.24) is 0 Å². The quantitative estimate of drug-likeness (QED) is 0.790. The number of carbonyl (C=O) groups is 1. The summed E-state index contributed by atoms with van der Waals surface area (Å²) < 4.78 is 0. The van der Waals surface area contributed by atoms with E-state index in [-0.39, 0.29) is 5.92 Å². The summed E-state index contributed by atoms with van der Waals surface area (Å²) in [6, 6.07) is 2.00. The predicted molar refractivity (Wildman–Crippen MR) is 54.1 cm³/mol. The Morgan fingerprint density at radius 1 is 1.69 bits per heavy atom. The molecule has 0 radical (unpaired) electrons. The van der Waals surface area contributed by atoms with Crippen molar-refractivity contribution in [2.75, 3.05) is 0 Å². The summed E-state index contributed by atoms with van der Waals surface area (Å²) in [5.74, 6) is -0.882. The van der Waals surface area contributed by atoms with Crippen LogP contribution in [-0.2, 0) is 11.2 Å². The number of hydrogen-bond acceptors (Lipinski definition) is 2. The molecule has 2 nitrogen and oxygen atoms in total. The Morgan fingerprint density at radius 3 is 2.92 bits per heavy atom. The first kappa shape index (κ1) is 10.3. The zero-order valence-electron chi connectivity index (χ0n) is 7.69. The third-order valence-corrected chi connectivity index (χ3v) is 2.78. The third-order valence-electron chi connectivity index (χ3n) is 2.05. The van der Waals surface area contributed by atoms with Crippen molar-refractivity contribution in [2.45, 2.75) is 26.2 Å². The highest BCUT2D eigenvalue weighted by Gasteiger charge is 2.16. The molecule has 0 saturated heterocycles. The van der Waals surface area contributed by atoms with Crippen LogP contribution in [0.2, 0.25) is 0 Å². The zero-order valence-corrected chi connectivity index (χ0v) is 8.51. The third kappa shape index (κ3) is 3.19. The molecule has 0 aliphatic heterocycles. The van der Waals surface area contributed by atoms with Gasteiger partial charge in [-0.15, -0.1) is 0 Å². The molecule has 0 aliphatic carbocycles. The lowest BCUT2D eigenvalue weighted by Crippen LogP contribution is -2.15. The fourth-order valence-electron chi connectivity index (χ4n) is 1.35. The predicted octanol–water partition coefficient (Wildman–Crippen LogP) is 2.79. The summed E-state index contributed by atoms with van der Waals surface area (Å²) >= 11 is 1.62. The van der Waals surface area contributed by atoms with Crippen molar-refractivity contribution in [3.63, 3.8) is 0 Å². The lowest BCUT2D eigenvalue weighted by molar-refractivity contribution is -0.141. The van der Waals surface area contributed by atoms with Crippen molar-refractivity contribution in [3.8, 4) is 0 Å². The van der Waals surface area contributed by atoms with E-state index in [0.717, 1.165) is 18.4 Å². The van der Waals surface area contributed by atoms with Crippen molar-refractivity contribution < 1.29 is 9.90 Å². The van der Waals surface area contributed by atoms with Crippen LogP contribution in [0.3, 0.4) is 0 Å². The van der Waals surface area contributed by atoms with Crippen LogP contribution in [0.4, 0.5) is 0 Å². The Balaban J connectivity index is 2.52. The lowest BCUT2D eigenvalue weighted by Gasteiger charge is -2.08. The SMILES string of the molecule is CCCC(Cc1ccsc1)C(=O)O. The molecular weight excluding hydrogens is 184 g/mol. The minimum absolute atomic E-state index is 0.209. The second kappa shape index (κ2) is 5.02. The maximum Gasteiger partial charge on any atom is 0.306 e. The molecule has 1 N–H and O–H groups in total. The molecule has 0 bridgehead atoms. The number of rotatable bonds is 5. The molecule has 1 atom stereocenters. The summed E-state index contributed by atoms with van der Waals surface area (Å²) in [4.78, 5) is 10.8. The summed E-state index contributed by atoms with van der Waals surface area (Å²) in [5, 5.41) is 12.9. The van der Waals surface area contributed by atoms with E-state index in [2.05, 4.69) is 0 Å². The molecular formula is C10H14O2S. The van der Waals surface area contributed by atoms with E-state index in [1.807, 2.05) is 23.8 Å². The average Bonchev–Trinajstić information content (AvgIpc) is 2.56. The van der Waals surface area contributed by atoms with Crippen LogP contribution in [0, 0.1) is 5.92 Å². The van der Waals surface area contributed by atoms with E-state index in [1.165, 1.54) is 0 Å². The second-order valence-electron chi connectivity index (χ2n) is 3.16. The molecule has 1 aromatic heterocycles. The summed E-state index contributed by atoms with van der Waals surface area (Å²) in [7, 11) is 0. The molecule has 13 heavy (non-hydrogen) atoms. The Bertz CT molecular complexity index is 254. The molecule has 1 unspecified atom stereocenters. The van der Waals surface area contributed by atoms with E-state index < -0.39 is 5.97 Å². The standard InChI is InChI=1S/C10H14O2S/c1-2-3-9(10(11)12)6-8-4-5-13-7-8/h4-5,7,9H,2-3,6H2,1H3,(H,11,12). The van der Waals surface area contributed by atoms with Crippen LogP contribution in [0.25, 0.3) is 0 Å². The van der Waals surface area contributed by atoms with Crippen molar-refractivity contribution >= 4 is 17.3 Å². The van der Waals surface area contributed by atoms with E-state index in [4.69, 9.17) is 5.11 Å². The number of hydrogen-bond donors (Lipinski definition) is 1. The number of aliphatic carboxylic acids is 1. The minimum atomic E-state index is -0.673. The van der Waals surface area contributed by atoms with E-state index in [9.17, 15) is 4.79 Å².